The first-order valence-corrected chi connectivity index (χ1v) is 6.39. The second-order valence-corrected chi connectivity index (χ2v) is 4.74. The molecule has 1 N–H and O–H groups in total. The van der Waals surface area contributed by atoms with Crippen LogP contribution in [0.25, 0.3) is 0 Å². The summed E-state index contributed by atoms with van der Waals surface area (Å²) in [6.07, 6.45) is 0. The third kappa shape index (κ3) is 3.05. The van der Waals surface area contributed by atoms with Crippen molar-refractivity contribution in [2.45, 2.75) is 0 Å². The van der Waals surface area contributed by atoms with Crippen LogP contribution in [0.5, 0.6) is 0 Å². The van der Waals surface area contributed by atoms with E-state index >= 15 is 0 Å². The van der Waals surface area contributed by atoms with Crippen LogP contribution in [0.15, 0.2) is 40.9 Å². The van der Waals surface area contributed by atoms with Gasteiger partial charge < -0.3 is 5.32 Å². The van der Waals surface area contributed by atoms with Gasteiger partial charge in [-0.15, -0.1) is 0 Å². The van der Waals surface area contributed by atoms with E-state index in [2.05, 4.69) is 21.2 Å². The number of carbonyl (C=O) groups excluding carboxylic acids is 1. The van der Waals surface area contributed by atoms with Gasteiger partial charge in [-0.2, -0.15) is 0 Å². The standard InChI is InChI=1S/C13H7BrF2N2O3/c14-11-7(3-1-4-8(11)15)13(19)17-12-9(16)5-2-6-10(12)18(20)21/h1-6H,(H,17,19). The minimum absolute atomic E-state index is 0.104. The van der Waals surface area contributed by atoms with Gasteiger partial charge in [0.15, 0.2) is 11.5 Å². The van der Waals surface area contributed by atoms with Crippen molar-refractivity contribution < 1.29 is 18.5 Å². The van der Waals surface area contributed by atoms with Crippen LogP contribution in [0.1, 0.15) is 10.4 Å². The smallest absolute Gasteiger partial charge is 0.295 e. The molecule has 5 nitrogen and oxygen atoms in total. The van der Waals surface area contributed by atoms with E-state index in [9.17, 15) is 23.7 Å². The molecule has 0 unspecified atom stereocenters. The average molecular weight is 357 g/mol. The van der Waals surface area contributed by atoms with E-state index < -0.39 is 33.8 Å². The predicted octanol–water partition coefficient (Wildman–Crippen LogP) is 3.89. The maximum atomic E-state index is 13.7. The highest BCUT2D eigenvalue weighted by molar-refractivity contribution is 9.10. The van der Waals surface area contributed by atoms with E-state index in [0.29, 0.717) is 0 Å². The molecule has 0 heterocycles. The number of benzene rings is 2. The molecule has 8 heteroatoms. The summed E-state index contributed by atoms with van der Waals surface area (Å²) < 4.78 is 26.9. The molecule has 2 aromatic rings. The monoisotopic (exact) mass is 356 g/mol. The normalized spacial score (nSPS) is 10.2. The minimum Gasteiger partial charge on any atom is -0.314 e. The van der Waals surface area contributed by atoms with E-state index in [-0.39, 0.29) is 10.0 Å². The summed E-state index contributed by atoms with van der Waals surface area (Å²) >= 11 is 2.90. The first-order valence-electron chi connectivity index (χ1n) is 5.60. The highest BCUT2D eigenvalue weighted by atomic mass is 79.9. The van der Waals surface area contributed by atoms with Crippen molar-refractivity contribution in [3.63, 3.8) is 0 Å². The molecule has 0 fully saturated rings. The van der Waals surface area contributed by atoms with Gasteiger partial charge in [-0.1, -0.05) is 12.1 Å². The van der Waals surface area contributed by atoms with Crippen molar-refractivity contribution in [2.24, 2.45) is 0 Å². The van der Waals surface area contributed by atoms with E-state index in [0.717, 1.165) is 24.3 Å². The molecule has 1 amide bonds. The van der Waals surface area contributed by atoms with Crippen LogP contribution in [-0.2, 0) is 0 Å². The number of nitrogens with one attached hydrogen (secondary N) is 1. The Morgan fingerprint density at radius 1 is 1.14 bits per heavy atom. The molecular weight excluding hydrogens is 350 g/mol. The van der Waals surface area contributed by atoms with Crippen LogP contribution < -0.4 is 5.32 Å². The molecule has 0 aliphatic rings. The van der Waals surface area contributed by atoms with Crippen LogP contribution >= 0.6 is 15.9 Å². The number of hydrogen-bond acceptors (Lipinski definition) is 3. The highest BCUT2D eigenvalue weighted by Gasteiger charge is 2.22. The lowest BCUT2D eigenvalue weighted by atomic mass is 10.2. The Morgan fingerprint density at radius 3 is 2.43 bits per heavy atom. The van der Waals surface area contributed by atoms with Gasteiger partial charge in [-0.05, 0) is 34.1 Å². The third-order valence-corrected chi connectivity index (χ3v) is 3.43. The number of hydrogen-bond donors (Lipinski definition) is 1. The van der Waals surface area contributed by atoms with Gasteiger partial charge in [0.05, 0.1) is 15.0 Å². The molecule has 2 rings (SSSR count). The summed E-state index contributed by atoms with van der Waals surface area (Å²) in [4.78, 5) is 22.0. The van der Waals surface area contributed by atoms with Gasteiger partial charge in [0, 0.05) is 6.07 Å². The quantitative estimate of drug-likeness (QED) is 0.669. The molecule has 0 spiro atoms. The van der Waals surface area contributed by atoms with E-state index in [4.69, 9.17) is 0 Å². The molecule has 2 aromatic carbocycles. The molecule has 0 aliphatic heterocycles. The topological polar surface area (TPSA) is 72.2 Å². The van der Waals surface area contributed by atoms with Crippen molar-refractivity contribution in [2.75, 3.05) is 5.32 Å². The molecule has 0 saturated heterocycles. The van der Waals surface area contributed by atoms with Crippen LogP contribution in [-0.4, -0.2) is 10.8 Å². The largest absolute Gasteiger partial charge is 0.314 e. The summed E-state index contributed by atoms with van der Waals surface area (Å²) in [5, 5.41) is 12.9. The van der Waals surface area contributed by atoms with Crippen molar-refractivity contribution in [1.82, 2.24) is 0 Å². The van der Waals surface area contributed by atoms with Crippen LogP contribution in [0, 0.1) is 21.7 Å². The number of nitro benzene ring substituents is 1. The van der Waals surface area contributed by atoms with Gasteiger partial charge in [-0.3, -0.25) is 14.9 Å². The Labute approximate surface area is 125 Å². The van der Waals surface area contributed by atoms with Gasteiger partial charge in [0.25, 0.3) is 11.6 Å². The van der Waals surface area contributed by atoms with Gasteiger partial charge in [0.2, 0.25) is 0 Å². The van der Waals surface area contributed by atoms with Crippen molar-refractivity contribution in [3.8, 4) is 0 Å². The Balaban J connectivity index is 2.41. The molecule has 0 radical (unpaired) electrons. The van der Waals surface area contributed by atoms with E-state index in [1.807, 2.05) is 0 Å². The van der Waals surface area contributed by atoms with Gasteiger partial charge in [-0.25, -0.2) is 8.78 Å². The zero-order chi connectivity index (χ0) is 15.6. The molecule has 21 heavy (non-hydrogen) atoms. The van der Waals surface area contributed by atoms with E-state index in [1.165, 1.54) is 12.1 Å². The number of halogens is 3. The SMILES string of the molecule is O=C(Nc1c(F)cccc1[N+](=O)[O-])c1cccc(F)c1Br. The molecule has 0 saturated carbocycles. The lowest BCUT2D eigenvalue weighted by molar-refractivity contribution is -0.384. The van der Waals surface area contributed by atoms with Crippen molar-refractivity contribution in [3.05, 3.63) is 68.2 Å². The number of rotatable bonds is 3. The third-order valence-electron chi connectivity index (χ3n) is 2.62. The Bertz CT molecular complexity index is 737. The average Bonchev–Trinajstić information content (AvgIpc) is 2.43. The lowest BCUT2D eigenvalue weighted by Gasteiger charge is -2.08. The number of nitro groups is 1. The maximum absolute atomic E-state index is 13.7. The first-order chi connectivity index (χ1) is 9.91. The van der Waals surface area contributed by atoms with Gasteiger partial charge >= 0.3 is 0 Å². The van der Waals surface area contributed by atoms with Gasteiger partial charge in [0.1, 0.15) is 5.82 Å². The highest BCUT2D eigenvalue weighted by Crippen LogP contribution is 2.28. The fourth-order valence-electron chi connectivity index (χ4n) is 1.65. The molecular formula is C13H7BrF2N2O3. The lowest BCUT2D eigenvalue weighted by Crippen LogP contribution is -2.15. The van der Waals surface area contributed by atoms with Crippen molar-refractivity contribution >= 4 is 33.2 Å². The number of para-hydroxylation sites is 1. The molecule has 0 atom stereocenters. The first kappa shape index (κ1) is 15.0. The number of anilines is 1. The van der Waals surface area contributed by atoms with Crippen molar-refractivity contribution in [1.29, 1.82) is 0 Å². The molecule has 108 valence electrons. The Kier molecular flexibility index (Phi) is 4.27. The zero-order valence-corrected chi connectivity index (χ0v) is 11.9. The number of amides is 1. The van der Waals surface area contributed by atoms with Crippen LogP contribution in [0.4, 0.5) is 20.2 Å². The zero-order valence-electron chi connectivity index (χ0n) is 10.3. The summed E-state index contributed by atoms with van der Waals surface area (Å²) in [6.45, 7) is 0. The summed E-state index contributed by atoms with van der Waals surface area (Å²) in [6, 6.07) is 6.91. The van der Waals surface area contributed by atoms with Crippen LogP contribution in [0.2, 0.25) is 0 Å². The summed E-state index contributed by atoms with van der Waals surface area (Å²) in [5.74, 6) is -2.50. The second-order valence-electron chi connectivity index (χ2n) is 3.95. The Morgan fingerprint density at radius 2 is 1.76 bits per heavy atom. The minimum atomic E-state index is -0.954. The molecule has 0 bridgehead atoms. The Hall–Kier alpha value is -2.35. The summed E-state index contributed by atoms with van der Waals surface area (Å²) in [7, 11) is 0. The molecule has 0 aromatic heterocycles. The summed E-state index contributed by atoms with van der Waals surface area (Å²) in [5.41, 5.74) is -1.26. The number of nitrogens with zero attached hydrogens (tertiary/aromatic N) is 1. The van der Waals surface area contributed by atoms with E-state index in [1.54, 1.807) is 0 Å². The number of carbonyl (C=O) groups is 1. The van der Waals surface area contributed by atoms with Crippen LogP contribution in [0.3, 0.4) is 0 Å². The fourth-order valence-corrected chi connectivity index (χ4v) is 2.09. The second kappa shape index (κ2) is 5.96. The predicted molar refractivity (Wildman–Crippen MR) is 75.1 cm³/mol. The maximum Gasteiger partial charge on any atom is 0.295 e. The fraction of sp³-hybridized carbons (Fsp3) is 0. The molecule has 0 aliphatic carbocycles.